The molecule has 1 heterocycles. The Morgan fingerprint density at radius 3 is 1.73 bits per heavy atom. The highest BCUT2D eigenvalue weighted by Crippen LogP contribution is 2.65. The zero-order valence-corrected chi connectivity index (χ0v) is 18.0. The summed E-state index contributed by atoms with van der Waals surface area (Å²) in [4.78, 5) is 28.0. The summed E-state index contributed by atoms with van der Waals surface area (Å²) in [6.07, 6.45) is 5.58. The molecule has 3 aromatic rings. The van der Waals surface area contributed by atoms with Gasteiger partial charge in [-0.25, -0.2) is 0 Å². The lowest BCUT2D eigenvalue weighted by Gasteiger charge is -2.37. The number of imide groups is 1. The topological polar surface area (TPSA) is 46.6 Å². The Morgan fingerprint density at radius 1 is 0.636 bits per heavy atom. The van der Waals surface area contributed by atoms with E-state index in [1.807, 2.05) is 66.7 Å². The molecule has 33 heavy (non-hydrogen) atoms. The lowest BCUT2D eigenvalue weighted by molar-refractivity contribution is -0.124. The minimum absolute atomic E-state index is 0.0279. The van der Waals surface area contributed by atoms with Crippen molar-refractivity contribution in [1.82, 2.24) is 0 Å². The van der Waals surface area contributed by atoms with Crippen LogP contribution in [0.1, 0.15) is 6.42 Å². The van der Waals surface area contributed by atoms with Crippen LogP contribution in [0.25, 0.3) is 11.1 Å². The number of allylic oxidation sites excluding steroid dienone is 2. The molecular formula is C29H23NO3. The monoisotopic (exact) mass is 433 g/mol. The minimum Gasteiger partial charge on any atom is -0.457 e. The number of benzene rings is 3. The average molecular weight is 434 g/mol. The molecule has 4 nitrogen and oxygen atoms in total. The van der Waals surface area contributed by atoms with Gasteiger partial charge in [0.15, 0.2) is 0 Å². The van der Waals surface area contributed by atoms with Gasteiger partial charge in [0.25, 0.3) is 0 Å². The lowest BCUT2D eigenvalue weighted by Crippen LogP contribution is -2.40. The van der Waals surface area contributed by atoms with Gasteiger partial charge >= 0.3 is 0 Å². The van der Waals surface area contributed by atoms with Gasteiger partial charge in [0.2, 0.25) is 11.8 Å². The molecule has 2 amide bonds. The summed E-state index contributed by atoms with van der Waals surface area (Å²) in [5.74, 6) is 2.73. The number of ether oxygens (including phenoxy) is 1. The fourth-order valence-electron chi connectivity index (χ4n) is 6.36. The van der Waals surface area contributed by atoms with E-state index in [2.05, 4.69) is 24.3 Å². The van der Waals surface area contributed by atoms with Crippen LogP contribution in [-0.2, 0) is 9.59 Å². The number of amides is 2. The van der Waals surface area contributed by atoms with Crippen LogP contribution in [0.15, 0.2) is 91.0 Å². The van der Waals surface area contributed by atoms with Gasteiger partial charge in [-0.05, 0) is 77.6 Å². The van der Waals surface area contributed by atoms with Crippen molar-refractivity contribution in [3.8, 4) is 22.6 Å². The second kappa shape index (κ2) is 6.92. The summed E-state index contributed by atoms with van der Waals surface area (Å²) >= 11 is 0. The molecular weight excluding hydrogens is 410 g/mol. The van der Waals surface area contributed by atoms with Crippen LogP contribution in [0.5, 0.6) is 11.5 Å². The molecule has 0 aromatic heterocycles. The molecule has 2 saturated carbocycles. The van der Waals surface area contributed by atoms with Crippen LogP contribution in [0, 0.1) is 35.5 Å². The van der Waals surface area contributed by atoms with Crippen LogP contribution in [0.3, 0.4) is 0 Å². The van der Waals surface area contributed by atoms with E-state index >= 15 is 0 Å². The highest BCUT2D eigenvalue weighted by Gasteiger charge is 2.67. The first kappa shape index (κ1) is 18.9. The minimum atomic E-state index is -0.171. The van der Waals surface area contributed by atoms with Crippen LogP contribution in [0.2, 0.25) is 0 Å². The highest BCUT2D eigenvalue weighted by molar-refractivity contribution is 6.22. The molecule has 162 valence electrons. The Labute approximate surface area is 192 Å². The summed E-state index contributed by atoms with van der Waals surface area (Å²) in [5, 5.41) is 0. The van der Waals surface area contributed by atoms with Gasteiger partial charge in [-0.1, -0.05) is 54.6 Å². The third-order valence-electron chi connectivity index (χ3n) is 7.95. The molecule has 0 unspecified atom stereocenters. The summed E-state index contributed by atoms with van der Waals surface area (Å²) in [5.41, 5.74) is 2.93. The second-order valence-electron chi connectivity index (χ2n) is 9.65. The average Bonchev–Trinajstić information content (AvgIpc) is 3.64. The smallest absolute Gasteiger partial charge is 0.238 e. The number of rotatable bonds is 4. The van der Waals surface area contributed by atoms with Gasteiger partial charge < -0.3 is 4.74 Å². The molecule has 4 aliphatic carbocycles. The van der Waals surface area contributed by atoms with Gasteiger partial charge in [-0.3, -0.25) is 14.5 Å². The summed E-state index contributed by atoms with van der Waals surface area (Å²) in [7, 11) is 0. The molecule has 0 spiro atoms. The van der Waals surface area contributed by atoms with Crippen molar-refractivity contribution in [2.45, 2.75) is 6.42 Å². The zero-order valence-electron chi connectivity index (χ0n) is 18.0. The van der Waals surface area contributed by atoms with E-state index < -0.39 is 0 Å². The molecule has 2 bridgehead atoms. The lowest BCUT2D eigenvalue weighted by atomic mass is 9.63. The summed E-state index contributed by atoms with van der Waals surface area (Å²) in [6.45, 7) is 0. The maximum atomic E-state index is 13.3. The van der Waals surface area contributed by atoms with Crippen LogP contribution < -0.4 is 9.64 Å². The van der Waals surface area contributed by atoms with Crippen molar-refractivity contribution in [1.29, 1.82) is 0 Å². The van der Waals surface area contributed by atoms with Gasteiger partial charge in [0, 0.05) is 0 Å². The molecule has 1 saturated heterocycles. The Balaban J connectivity index is 1.09. The normalized spacial score (nSPS) is 30.8. The Bertz CT molecular complexity index is 1240. The van der Waals surface area contributed by atoms with Crippen LogP contribution in [-0.4, -0.2) is 11.8 Å². The fourth-order valence-corrected chi connectivity index (χ4v) is 6.36. The number of hydrogen-bond donors (Lipinski definition) is 0. The molecule has 3 aromatic carbocycles. The van der Waals surface area contributed by atoms with Gasteiger partial charge in [0.1, 0.15) is 11.5 Å². The van der Waals surface area contributed by atoms with E-state index in [-0.39, 0.29) is 35.5 Å². The molecule has 8 rings (SSSR count). The van der Waals surface area contributed by atoms with Crippen LogP contribution >= 0.6 is 0 Å². The Morgan fingerprint density at radius 2 is 1.15 bits per heavy atom. The van der Waals surface area contributed by atoms with Gasteiger partial charge in [0.05, 0.1) is 17.5 Å². The predicted molar refractivity (Wildman–Crippen MR) is 126 cm³/mol. The quantitative estimate of drug-likeness (QED) is 0.391. The zero-order chi connectivity index (χ0) is 22.1. The largest absolute Gasteiger partial charge is 0.457 e. The summed E-state index contributed by atoms with van der Waals surface area (Å²) in [6, 6.07) is 25.5. The van der Waals surface area contributed by atoms with Crippen molar-refractivity contribution in [3.63, 3.8) is 0 Å². The molecule has 1 aliphatic heterocycles. The second-order valence-corrected chi connectivity index (χ2v) is 9.65. The Hall–Kier alpha value is -3.66. The van der Waals surface area contributed by atoms with Gasteiger partial charge in [-0.15, -0.1) is 0 Å². The van der Waals surface area contributed by atoms with E-state index in [1.54, 1.807) is 0 Å². The third-order valence-corrected chi connectivity index (χ3v) is 7.95. The first-order chi connectivity index (χ1) is 16.2. The number of carbonyl (C=O) groups is 2. The SMILES string of the molecule is O=C1[C@@H]2[C@H]3C=C[C@@H]([C@@H]4C[C@H]34)[C@H]2C(=O)N1c1ccc(Oc2ccc(-c3ccccc3)cc2)cc1. The van der Waals surface area contributed by atoms with Crippen molar-refractivity contribution in [2.75, 3.05) is 4.90 Å². The molecule has 0 radical (unpaired) electrons. The van der Waals surface area contributed by atoms with E-state index in [9.17, 15) is 9.59 Å². The first-order valence-electron chi connectivity index (χ1n) is 11.7. The molecule has 6 atom stereocenters. The van der Waals surface area contributed by atoms with E-state index in [1.165, 1.54) is 11.3 Å². The van der Waals surface area contributed by atoms with Crippen molar-refractivity contribution >= 4 is 17.5 Å². The molecule has 5 aliphatic rings. The van der Waals surface area contributed by atoms with Crippen molar-refractivity contribution in [2.24, 2.45) is 35.5 Å². The molecule has 3 fully saturated rings. The molecule has 0 N–H and O–H groups in total. The number of nitrogens with zero attached hydrogens (tertiary/aromatic N) is 1. The number of hydrogen-bond acceptors (Lipinski definition) is 3. The predicted octanol–water partition coefficient (Wildman–Crippen LogP) is 5.70. The standard InChI is InChI=1S/C29H23NO3/c31-28-26-22-14-15-23(25-16-24(22)25)27(26)29(32)30(28)19-8-12-21(13-9-19)33-20-10-6-18(7-11-20)17-4-2-1-3-5-17/h1-15,22-27H,16H2/t22-,23-,24-,25+,26+,27+/m0/s1. The van der Waals surface area contributed by atoms with Crippen LogP contribution in [0.4, 0.5) is 5.69 Å². The van der Waals surface area contributed by atoms with E-state index in [0.717, 1.165) is 16.9 Å². The van der Waals surface area contributed by atoms with E-state index in [4.69, 9.17) is 4.74 Å². The molecule has 4 heteroatoms. The summed E-state index contributed by atoms with van der Waals surface area (Å²) < 4.78 is 6.00. The highest BCUT2D eigenvalue weighted by atomic mass is 16.5. The Kier molecular flexibility index (Phi) is 3.95. The third kappa shape index (κ3) is 2.83. The van der Waals surface area contributed by atoms with Crippen molar-refractivity contribution < 1.29 is 14.3 Å². The first-order valence-corrected chi connectivity index (χ1v) is 11.7. The van der Waals surface area contributed by atoms with Gasteiger partial charge in [-0.2, -0.15) is 0 Å². The number of anilines is 1. The number of carbonyl (C=O) groups excluding carboxylic acids is 2. The van der Waals surface area contributed by atoms with E-state index in [0.29, 0.717) is 23.3 Å². The maximum absolute atomic E-state index is 13.3. The maximum Gasteiger partial charge on any atom is 0.238 e. The van der Waals surface area contributed by atoms with Crippen molar-refractivity contribution in [3.05, 3.63) is 91.0 Å². The fraction of sp³-hybridized carbons (Fsp3) is 0.241.